The summed E-state index contributed by atoms with van der Waals surface area (Å²) >= 11 is 1.44. The molecule has 0 aliphatic heterocycles. The highest BCUT2D eigenvalue weighted by atomic mass is 32.1. The molecule has 2 aromatic heterocycles. The summed E-state index contributed by atoms with van der Waals surface area (Å²) in [5.74, 6) is 0.564. The van der Waals surface area contributed by atoms with Crippen LogP contribution in [-0.4, -0.2) is 17.6 Å². The fourth-order valence-electron chi connectivity index (χ4n) is 2.96. The molecule has 0 aliphatic carbocycles. The van der Waals surface area contributed by atoms with Gasteiger partial charge in [-0.25, -0.2) is 0 Å². The second kappa shape index (κ2) is 7.51. The summed E-state index contributed by atoms with van der Waals surface area (Å²) in [6, 6.07) is 21.4. The highest BCUT2D eigenvalue weighted by Gasteiger charge is 2.20. The number of ether oxygens (including phenoxy) is 1. The highest BCUT2D eigenvalue weighted by Crippen LogP contribution is 2.35. The first-order chi connectivity index (χ1) is 13.3. The average molecular weight is 374 g/mol. The smallest absolute Gasteiger partial charge is 0.267 e. The van der Waals surface area contributed by atoms with Crippen LogP contribution in [0.4, 0.5) is 5.69 Å². The van der Waals surface area contributed by atoms with Gasteiger partial charge in [-0.2, -0.15) is 0 Å². The lowest BCUT2D eigenvalue weighted by Gasteiger charge is -2.11. The van der Waals surface area contributed by atoms with Gasteiger partial charge in [0.2, 0.25) is 0 Å². The van der Waals surface area contributed by atoms with Crippen molar-refractivity contribution in [1.29, 1.82) is 0 Å². The molecule has 4 nitrogen and oxygen atoms in total. The Hall–Kier alpha value is -3.31. The first-order valence-corrected chi connectivity index (χ1v) is 9.40. The van der Waals surface area contributed by atoms with Gasteiger partial charge in [0.1, 0.15) is 10.6 Å². The van der Waals surface area contributed by atoms with Crippen molar-refractivity contribution in [2.75, 3.05) is 12.4 Å². The first kappa shape index (κ1) is 17.1. The van der Waals surface area contributed by atoms with Crippen molar-refractivity contribution in [3.8, 4) is 22.6 Å². The maximum atomic E-state index is 13.0. The quantitative estimate of drug-likeness (QED) is 0.504. The predicted octanol–water partition coefficient (Wildman–Crippen LogP) is 5.47. The van der Waals surface area contributed by atoms with Gasteiger partial charge in [-0.3, -0.25) is 4.79 Å². The maximum absolute atomic E-state index is 13.0. The molecule has 1 amide bonds. The van der Waals surface area contributed by atoms with Gasteiger partial charge in [-0.1, -0.05) is 36.4 Å². The van der Waals surface area contributed by atoms with Crippen LogP contribution < -0.4 is 10.1 Å². The van der Waals surface area contributed by atoms with Crippen molar-refractivity contribution in [3.63, 3.8) is 0 Å². The number of hydrogen-bond donors (Lipinski definition) is 1. The van der Waals surface area contributed by atoms with E-state index in [2.05, 4.69) is 17.4 Å². The lowest BCUT2D eigenvalue weighted by molar-refractivity contribution is 0.103. The molecule has 0 aliphatic rings. The lowest BCUT2D eigenvalue weighted by atomic mass is 10.1. The van der Waals surface area contributed by atoms with Crippen LogP contribution in [0.1, 0.15) is 9.67 Å². The molecule has 0 saturated carbocycles. The molecule has 2 aromatic carbocycles. The van der Waals surface area contributed by atoms with E-state index in [4.69, 9.17) is 4.74 Å². The van der Waals surface area contributed by atoms with Gasteiger partial charge < -0.3 is 14.6 Å². The standard InChI is InChI=1S/C22H18N2O2S/c1-26-18-11-7-10-17(14-18)23-22(25)21-20(24-12-5-6-13-24)19(15-27-21)16-8-3-2-4-9-16/h2-15H,1H3,(H,23,25). The van der Waals surface area contributed by atoms with Crippen LogP contribution in [0.3, 0.4) is 0 Å². The number of rotatable bonds is 5. The molecule has 0 spiro atoms. The van der Waals surface area contributed by atoms with Crippen LogP contribution in [-0.2, 0) is 0 Å². The van der Waals surface area contributed by atoms with Crippen molar-refractivity contribution in [2.24, 2.45) is 0 Å². The summed E-state index contributed by atoms with van der Waals surface area (Å²) in [4.78, 5) is 13.7. The summed E-state index contributed by atoms with van der Waals surface area (Å²) in [7, 11) is 1.61. The number of methoxy groups -OCH3 is 1. The van der Waals surface area contributed by atoms with Crippen LogP contribution in [0.15, 0.2) is 84.5 Å². The summed E-state index contributed by atoms with van der Waals surface area (Å²) in [6.45, 7) is 0. The number of benzene rings is 2. The molecule has 27 heavy (non-hydrogen) atoms. The molecule has 1 N–H and O–H groups in total. The summed E-state index contributed by atoms with van der Waals surface area (Å²) in [5.41, 5.74) is 3.70. The zero-order valence-electron chi connectivity index (χ0n) is 14.8. The van der Waals surface area contributed by atoms with E-state index in [-0.39, 0.29) is 5.91 Å². The summed E-state index contributed by atoms with van der Waals surface area (Å²) in [5, 5.41) is 5.01. The minimum atomic E-state index is -0.140. The van der Waals surface area contributed by atoms with Gasteiger partial charge in [0.25, 0.3) is 5.91 Å². The van der Waals surface area contributed by atoms with E-state index in [1.54, 1.807) is 13.2 Å². The Morgan fingerprint density at radius 1 is 1.00 bits per heavy atom. The molecule has 2 heterocycles. The molecule has 4 aromatic rings. The van der Waals surface area contributed by atoms with Gasteiger partial charge in [0.05, 0.1) is 12.8 Å². The minimum Gasteiger partial charge on any atom is -0.497 e. The van der Waals surface area contributed by atoms with Crippen LogP contribution in [0, 0.1) is 0 Å². The third-order valence-corrected chi connectivity index (χ3v) is 5.21. The fraction of sp³-hybridized carbons (Fsp3) is 0.0455. The van der Waals surface area contributed by atoms with E-state index < -0.39 is 0 Å². The number of thiophene rings is 1. The SMILES string of the molecule is COc1cccc(NC(=O)c2scc(-c3ccccc3)c2-n2cccc2)c1. The van der Waals surface area contributed by atoms with Gasteiger partial charge >= 0.3 is 0 Å². The van der Waals surface area contributed by atoms with Gasteiger partial charge in [0, 0.05) is 35.1 Å². The monoisotopic (exact) mass is 374 g/mol. The molecular formula is C22H18N2O2S. The maximum Gasteiger partial charge on any atom is 0.267 e. The molecule has 5 heteroatoms. The number of amides is 1. The Morgan fingerprint density at radius 2 is 1.78 bits per heavy atom. The Bertz CT molecular complexity index is 1050. The number of anilines is 1. The predicted molar refractivity (Wildman–Crippen MR) is 110 cm³/mol. The molecule has 0 radical (unpaired) electrons. The number of hydrogen-bond acceptors (Lipinski definition) is 3. The van der Waals surface area contributed by atoms with Crippen molar-refractivity contribution >= 4 is 22.9 Å². The number of nitrogens with one attached hydrogen (secondary N) is 1. The first-order valence-electron chi connectivity index (χ1n) is 8.52. The summed E-state index contributed by atoms with van der Waals surface area (Å²) in [6.07, 6.45) is 3.91. The number of nitrogens with zero attached hydrogens (tertiary/aromatic N) is 1. The van der Waals surface area contributed by atoms with Crippen LogP contribution in [0.5, 0.6) is 5.75 Å². The van der Waals surface area contributed by atoms with Gasteiger partial charge in [0.15, 0.2) is 0 Å². The van der Waals surface area contributed by atoms with Crippen LogP contribution >= 0.6 is 11.3 Å². The van der Waals surface area contributed by atoms with Crippen molar-refractivity contribution < 1.29 is 9.53 Å². The third-order valence-electron chi connectivity index (χ3n) is 4.25. The third kappa shape index (κ3) is 3.50. The van der Waals surface area contributed by atoms with E-state index in [9.17, 15) is 4.79 Å². The Morgan fingerprint density at radius 3 is 2.52 bits per heavy atom. The molecular weight excluding hydrogens is 356 g/mol. The molecule has 0 saturated heterocycles. The Balaban J connectivity index is 1.74. The second-order valence-electron chi connectivity index (χ2n) is 5.97. The molecule has 0 fully saturated rings. The topological polar surface area (TPSA) is 43.3 Å². The van der Waals surface area contributed by atoms with Crippen LogP contribution in [0.2, 0.25) is 0 Å². The van der Waals surface area contributed by atoms with Crippen molar-refractivity contribution in [3.05, 3.63) is 89.4 Å². The minimum absolute atomic E-state index is 0.140. The normalized spacial score (nSPS) is 10.6. The van der Waals surface area contributed by atoms with Crippen molar-refractivity contribution in [1.82, 2.24) is 4.57 Å². The zero-order valence-corrected chi connectivity index (χ0v) is 15.6. The molecule has 0 atom stereocenters. The largest absolute Gasteiger partial charge is 0.497 e. The van der Waals surface area contributed by atoms with Crippen LogP contribution in [0.25, 0.3) is 16.8 Å². The molecule has 134 valence electrons. The van der Waals surface area contributed by atoms with Crippen molar-refractivity contribution in [2.45, 2.75) is 0 Å². The molecule has 4 rings (SSSR count). The Kier molecular flexibility index (Phi) is 4.77. The lowest BCUT2D eigenvalue weighted by Crippen LogP contribution is -2.13. The number of carbonyl (C=O) groups excluding carboxylic acids is 1. The van der Waals surface area contributed by atoms with Gasteiger partial charge in [-0.05, 0) is 29.8 Å². The van der Waals surface area contributed by atoms with E-state index >= 15 is 0 Å². The fourth-order valence-corrected chi connectivity index (χ4v) is 3.93. The van der Waals surface area contributed by atoms with E-state index in [1.165, 1.54) is 11.3 Å². The summed E-state index contributed by atoms with van der Waals surface area (Å²) < 4.78 is 7.22. The molecule has 0 bridgehead atoms. The number of carbonyl (C=O) groups is 1. The van der Waals surface area contributed by atoms with E-state index in [0.717, 1.165) is 16.8 Å². The average Bonchev–Trinajstić information content (AvgIpc) is 3.38. The van der Waals surface area contributed by atoms with E-state index in [0.29, 0.717) is 16.3 Å². The highest BCUT2D eigenvalue weighted by molar-refractivity contribution is 7.13. The molecule has 0 unspecified atom stereocenters. The zero-order chi connectivity index (χ0) is 18.6. The Labute approximate surface area is 161 Å². The van der Waals surface area contributed by atoms with E-state index in [1.807, 2.05) is 70.9 Å². The number of aromatic nitrogens is 1. The second-order valence-corrected chi connectivity index (χ2v) is 6.85. The van der Waals surface area contributed by atoms with Gasteiger partial charge in [-0.15, -0.1) is 11.3 Å².